The Morgan fingerprint density at radius 1 is 1.25 bits per heavy atom. The van der Waals surface area contributed by atoms with E-state index >= 15 is 0 Å². The zero-order valence-electron chi connectivity index (χ0n) is 8.66. The van der Waals surface area contributed by atoms with Crippen molar-refractivity contribution in [1.82, 2.24) is 0 Å². The van der Waals surface area contributed by atoms with E-state index in [0.29, 0.717) is 17.6 Å². The third kappa shape index (κ3) is 0.883. The van der Waals surface area contributed by atoms with Gasteiger partial charge in [-0.1, -0.05) is 30.8 Å². The maximum atomic E-state index is 12.3. The Bertz CT molecular complexity index is 512. The lowest BCUT2D eigenvalue weighted by Crippen LogP contribution is -2.34. The van der Waals surface area contributed by atoms with Gasteiger partial charge in [0, 0.05) is 12.0 Å². The predicted molar refractivity (Wildman–Crippen MR) is 57.0 cm³/mol. The number of carbonyl (C=O) groups is 2. The lowest BCUT2D eigenvalue weighted by Gasteiger charge is -2.16. The molecule has 0 bridgehead atoms. The zero-order chi connectivity index (χ0) is 11.3. The van der Waals surface area contributed by atoms with Gasteiger partial charge < -0.3 is 4.74 Å². The standard InChI is InChI=1S/C13H10O3/c1-8-7-16-12(15)13(8)6-9-4-2-3-5-10(9)11(13)14/h2-5H,1,6-7H2. The average molecular weight is 214 g/mol. The molecule has 3 nitrogen and oxygen atoms in total. The van der Waals surface area contributed by atoms with Crippen LogP contribution in [-0.2, 0) is 16.0 Å². The van der Waals surface area contributed by atoms with Gasteiger partial charge >= 0.3 is 5.97 Å². The maximum Gasteiger partial charge on any atom is 0.325 e. The average Bonchev–Trinajstić information content (AvgIpc) is 2.74. The van der Waals surface area contributed by atoms with Crippen LogP contribution < -0.4 is 0 Å². The van der Waals surface area contributed by atoms with E-state index in [2.05, 4.69) is 6.58 Å². The van der Waals surface area contributed by atoms with Crippen molar-refractivity contribution in [3.05, 3.63) is 47.5 Å². The summed E-state index contributed by atoms with van der Waals surface area (Å²) in [6, 6.07) is 7.30. The Balaban J connectivity index is 2.20. The van der Waals surface area contributed by atoms with Crippen LogP contribution in [0.25, 0.3) is 0 Å². The monoisotopic (exact) mass is 214 g/mol. The topological polar surface area (TPSA) is 43.4 Å². The molecule has 3 rings (SSSR count). The highest BCUT2D eigenvalue weighted by Crippen LogP contribution is 2.46. The second-order valence-electron chi connectivity index (χ2n) is 4.25. The summed E-state index contributed by atoms with van der Waals surface area (Å²) in [6.07, 6.45) is 0.402. The number of rotatable bonds is 0. The summed E-state index contributed by atoms with van der Waals surface area (Å²) in [5.74, 6) is -0.602. The van der Waals surface area contributed by atoms with Crippen LogP contribution in [-0.4, -0.2) is 18.4 Å². The van der Waals surface area contributed by atoms with Crippen LogP contribution in [0.4, 0.5) is 0 Å². The molecule has 0 N–H and O–H groups in total. The van der Waals surface area contributed by atoms with Crippen molar-refractivity contribution in [3.8, 4) is 0 Å². The summed E-state index contributed by atoms with van der Waals surface area (Å²) < 4.78 is 4.95. The van der Waals surface area contributed by atoms with E-state index in [4.69, 9.17) is 4.74 Å². The lowest BCUT2D eigenvalue weighted by atomic mass is 9.79. The van der Waals surface area contributed by atoms with Gasteiger partial charge in [0.1, 0.15) is 6.61 Å². The van der Waals surface area contributed by atoms with Crippen molar-refractivity contribution >= 4 is 11.8 Å². The minimum absolute atomic E-state index is 0.157. The zero-order valence-corrected chi connectivity index (χ0v) is 8.66. The molecule has 1 spiro atoms. The number of fused-ring (bicyclic) bond motifs is 1. The molecular formula is C13H10O3. The van der Waals surface area contributed by atoms with Gasteiger partial charge in [0.25, 0.3) is 0 Å². The fraction of sp³-hybridized carbons (Fsp3) is 0.231. The molecule has 0 saturated carbocycles. The molecule has 16 heavy (non-hydrogen) atoms. The number of cyclic esters (lactones) is 1. The van der Waals surface area contributed by atoms with Crippen molar-refractivity contribution in [2.75, 3.05) is 6.61 Å². The molecule has 80 valence electrons. The number of ketones is 1. The number of hydrogen-bond acceptors (Lipinski definition) is 3. The quantitative estimate of drug-likeness (QED) is 0.373. The molecule has 0 aromatic heterocycles. The number of hydrogen-bond donors (Lipinski definition) is 0. The number of carbonyl (C=O) groups excluding carboxylic acids is 2. The fourth-order valence-electron chi connectivity index (χ4n) is 2.49. The van der Waals surface area contributed by atoms with Gasteiger partial charge in [0.05, 0.1) is 0 Å². The van der Waals surface area contributed by atoms with E-state index < -0.39 is 11.4 Å². The second-order valence-corrected chi connectivity index (χ2v) is 4.25. The molecule has 1 aromatic rings. The highest BCUT2D eigenvalue weighted by atomic mass is 16.5. The maximum absolute atomic E-state index is 12.3. The summed E-state index contributed by atoms with van der Waals surface area (Å²) in [5, 5.41) is 0. The first-order valence-corrected chi connectivity index (χ1v) is 5.14. The van der Waals surface area contributed by atoms with Crippen molar-refractivity contribution in [3.63, 3.8) is 0 Å². The lowest BCUT2D eigenvalue weighted by molar-refractivity contribution is -0.143. The third-order valence-corrected chi connectivity index (χ3v) is 3.43. The van der Waals surface area contributed by atoms with Crippen LogP contribution in [0, 0.1) is 5.41 Å². The SMILES string of the molecule is C=C1COC(=O)C12Cc1ccccc1C2=O. The van der Waals surface area contributed by atoms with Gasteiger partial charge in [0.2, 0.25) is 0 Å². The van der Waals surface area contributed by atoms with Crippen molar-refractivity contribution in [1.29, 1.82) is 0 Å². The molecule has 0 amide bonds. The minimum Gasteiger partial charge on any atom is -0.460 e. The van der Waals surface area contributed by atoms with Crippen molar-refractivity contribution in [2.45, 2.75) is 6.42 Å². The molecule has 1 unspecified atom stereocenters. The van der Waals surface area contributed by atoms with Gasteiger partial charge in [-0.05, 0) is 11.1 Å². The Hall–Kier alpha value is -1.90. The Morgan fingerprint density at radius 2 is 2.00 bits per heavy atom. The predicted octanol–water partition coefficient (Wildman–Crippen LogP) is 1.52. The van der Waals surface area contributed by atoms with Gasteiger partial charge in [-0.3, -0.25) is 9.59 Å². The molecule has 2 aliphatic rings. The molecule has 1 heterocycles. The van der Waals surface area contributed by atoms with Crippen LogP contribution in [0.1, 0.15) is 15.9 Å². The Labute approximate surface area is 92.7 Å². The second kappa shape index (κ2) is 2.82. The summed E-state index contributed by atoms with van der Waals surface area (Å²) >= 11 is 0. The first-order chi connectivity index (χ1) is 7.66. The molecule has 1 aromatic carbocycles. The van der Waals surface area contributed by atoms with Crippen LogP contribution in [0.3, 0.4) is 0 Å². The molecule has 1 atom stereocenters. The summed E-state index contributed by atoms with van der Waals surface area (Å²) in [5.41, 5.74) is 0.998. The van der Waals surface area contributed by atoms with Gasteiger partial charge in [-0.2, -0.15) is 0 Å². The van der Waals surface area contributed by atoms with Crippen LogP contribution in [0.5, 0.6) is 0 Å². The van der Waals surface area contributed by atoms with Crippen LogP contribution in [0.15, 0.2) is 36.4 Å². The summed E-state index contributed by atoms with van der Waals surface area (Å²) in [4.78, 5) is 24.1. The molecule has 3 heteroatoms. The highest BCUT2D eigenvalue weighted by Gasteiger charge is 2.57. The van der Waals surface area contributed by atoms with Gasteiger partial charge in [-0.25, -0.2) is 0 Å². The molecule has 1 aliphatic carbocycles. The molecule has 1 fully saturated rings. The van der Waals surface area contributed by atoms with E-state index in [-0.39, 0.29) is 12.4 Å². The van der Waals surface area contributed by atoms with Crippen LogP contribution >= 0.6 is 0 Å². The highest BCUT2D eigenvalue weighted by molar-refractivity contribution is 6.19. The number of benzene rings is 1. The van der Waals surface area contributed by atoms with E-state index in [1.54, 1.807) is 12.1 Å². The normalized spacial score (nSPS) is 27.4. The van der Waals surface area contributed by atoms with Crippen LogP contribution in [0.2, 0.25) is 0 Å². The van der Waals surface area contributed by atoms with E-state index in [1.165, 1.54) is 0 Å². The first-order valence-electron chi connectivity index (χ1n) is 5.14. The largest absolute Gasteiger partial charge is 0.460 e. The van der Waals surface area contributed by atoms with Crippen molar-refractivity contribution in [2.24, 2.45) is 5.41 Å². The number of Topliss-reactive ketones (excluding diaryl/α,β-unsaturated/α-hetero) is 1. The smallest absolute Gasteiger partial charge is 0.325 e. The fourth-order valence-corrected chi connectivity index (χ4v) is 2.49. The van der Waals surface area contributed by atoms with Gasteiger partial charge in [-0.15, -0.1) is 0 Å². The number of ether oxygens (including phenoxy) is 1. The summed E-state index contributed by atoms with van der Waals surface area (Å²) in [6.45, 7) is 3.97. The minimum atomic E-state index is -1.12. The molecule has 1 aliphatic heterocycles. The Kier molecular flexibility index (Phi) is 1.64. The summed E-state index contributed by atoms with van der Waals surface area (Å²) in [7, 11) is 0. The Morgan fingerprint density at radius 3 is 2.62 bits per heavy atom. The van der Waals surface area contributed by atoms with E-state index in [1.807, 2.05) is 12.1 Å². The molecule has 1 saturated heterocycles. The molecular weight excluding hydrogens is 204 g/mol. The third-order valence-electron chi connectivity index (χ3n) is 3.43. The number of esters is 1. The van der Waals surface area contributed by atoms with Crippen molar-refractivity contribution < 1.29 is 14.3 Å². The first kappa shape index (κ1) is 9.33. The van der Waals surface area contributed by atoms with E-state index in [0.717, 1.165) is 5.56 Å². The van der Waals surface area contributed by atoms with E-state index in [9.17, 15) is 9.59 Å². The van der Waals surface area contributed by atoms with Gasteiger partial charge in [0.15, 0.2) is 11.2 Å². The molecule has 0 radical (unpaired) electrons.